The summed E-state index contributed by atoms with van der Waals surface area (Å²) < 4.78 is 4.45. The van der Waals surface area contributed by atoms with Crippen molar-refractivity contribution in [2.24, 2.45) is 0 Å². The van der Waals surface area contributed by atoms with Crippen molar-refractivity contribution >= 4 is 12.0 Å². The lowest BCUT2D eigenvalue weighted by Crippen LogP contribution is -1.85. The van der Waals surface area contributed by atoms with E-state index in [-0.39, 0.29) is 0 Å². The number of carbonyl (C=O) groups is 1. The molecule has 0 amide bonds. The summed E-state index contributed by atoms with van der Waals surface area (Å²) in [6.07, 6.45) is 3.73. The maximum absolute atomic E-state index is 9.95. The molecule has 52 valence electrons. The molecule has 1 heterocycles. The molecular formula is C6H5NO3. The maximum Gasteiger partial charge on any atom is 0.328 e. The van der Waals surface area contributed by atoms with Gasteiger partial charge in [-0.25, -0.2) is 4.79 Å². The first kappa shape index (κ1) is 6.54. The van der Waals surface area contributed by atoms with Crippen LogP contribution in [0.1, 0.15) is 5.69 Å². The third-order valence-corrected chi connectivity index (χ3v) is 0.854. The van der Waals surface area contributed by atoms with Gasteiger partial charge in [0.05, 0.1) is 0 Å². The third-order valence-electron chi connectivity index (χ3n) is 0.854. The second-order valence-corrected chi connectivity index (χ2v) is 1.60. The van der Waals surface area contributed by atoms with Gasteiger partial charge in [-0.15, -0.1) is 0 Å². The van der Waals surface area contributed by atoms with Crippen LogP contribution in [-0.2, 0) is 4.79 Å². The lowest BCUT2D eigenvalue weighted by molar-refractivity contribution is -0.131. The minimum Gasteiger partial charge on any atom is -0.478 e. The summed E-state index contributed by atoms with van der Waals surface area (Å²) in [5.41, 5.74) is 0.502. The fourth-order valence-corrected chi connectivity index (χ4v) is 0.465. The normalized spacial score (nSPS) is 10.4. The van der Waals surface area contributed by atoms with E-state index < -0.39 is 5.97 Å². The molecule has 1 N–H and O–H groups in total. The molecule has 1 aromatic heterocycles. The first-order valence-corrected chi connectivity index (χ1v) is 2.60. The number of nitrogens with zero attached hydrogens (tertiary/aromatic N) is 1. The molecular weight excluding hydrogens is 134 g/mol. The van der Waals surface area contributed by atoms with Crippen LogP contribution < -0.4 is 0 Å². The van der Waals surface area contributed by atoms with Gasteiger partial charge in [0.25, 0.3) is 0 Å². The largest absolute Gasteiger partial charge is 0.478 e. The van der Waals surface area contributed by atoms with E-state index in [9.17, 15) is 4.79 Å². The molecule has 0 fully saturated rings. The summed E-state index contributed by atoms with van der Waals surface area (Å²) in [5, 5.41) is 11.6. The van der Waals surface area contributed by atoms with Gasteiger partial charge in [-0.3, -0.25) is 0 Å². The van der Waals surface area contributed by atoms with Crippen LogP contribution in [0, 0.1) is 0 Å². The molecule has 0 atom stereocenters. The van der Waals surface area contributed by atoms with E-state index in [0.29, 0.717) is 5.69 Å². The number of hydrogen-bond acceptors (Lipinski definition) is 3. The SMILES string of the molecule is O=C(O)/C=C/c1ccon1. The van der Waals surface area contributed by atoms with Crippen LogP contribution in [0.15, 0.2) is 22.9 Å². The smallest absolute Gasteiger partial charge is 0.328 e. The second kappa shape index (κ2) is 2.82. The third kappa shape index (κ3) is 1.74. The van der Waals surface area contributed by atoms with Crippen molar-refractivity contribution in [1.29, 1.82) is 0 Å². The lowest BCUT2D eigenvalue weighted by Gasteiger charge is -1.76. The number of carboxylic acids is 1. The summed E-state index contributed by atoms with van der Waals surface area (Å²) in [6, 6.07) is 1.57. The summed E-state index contributed by atoms with van der Waals surface area (Å²) in [6.45, 7) is 0. The van der Waals surface area contributed by atoms with Crippen molar-refractivity contribution in [3.8, 4) is 0 Å². The van der Waals surface area contributed by atoms with Crippen LogP contribution in [0.3, 0.4) is 0 Å². The Kier molecular flexibility index (Phi) is 1.84. The molecule has 1 rings (SSSR count). The Bertz CT molecular complexity index is 238. The predicted molar refractivity (Wildman–Crippen MR) is 33.2 cm³/mol. The van der Waals surface area contributed by atoms with E-state index >= 15 is 0 Å². The van der Waals surface area contributed by atoms with Crippen molar-refractivity contribution in [1.82, 2.24) is 5.16 Å². The highest BCUT2D eigenvalue weighted by Crippen LogP contribution is 1.95. The Morgan fingerprint density at radius 3 is 3.10 bits per heavy atom. The monoisotopic (exact) mass is 139 g/mol. The van der Waals surface area contributed by atoms with Gasteiger partial charge in [-0.05, 0) is 6.08 Å². The van der Waals surface area contributed by atoms with Crippen molar-refractivity contribution in [2.75, 3.05) is 0 Å². The Labute approximate surface area is 56.8 Å². The fraction of sp³-hybridized carbons (Fsp3) is 0. The van der Waals surface area contributed by atoms with Gasteiger partial charge in [-0.2, -0.15) is 0 Å². The number of hydrogen-bond donors (Lipinski definition) is 1. The highest BCUT2D eigenvalue weighted by molar-refractivity contribution is 5.84. The van der Waals surface area contributed by atoms with Gasteiger partial charge >= 0.3 is 5.97 Å². The zero-order chi connectivity index (χ0) is 7.40. The van der Waals surface area contributed by atoms with Crippen LogP contribution in [0.4, 0.5) is 0 Å². The zero-order valence-electron chi connectivity index (χ0n) is 5.02. The highest BCUT2D eigenvalue weighted by atomic mass is 16.5. The van der Waals surface area contributed by atoms with Crippen molar-refractivity contribution < 1.29 is 14.4 Å². The lowest BCUT2D eigenvalue weighted by atomic mass is 10.4. The molecule has 0 aliphatic heterocycles. The predicted octanol–water partition coefficient (Wildman–Crippen LogP) is 0.772. The summed E-state index contributed by atoms with van der Waals surface area (Å²) in [7, 11) is 0. The Balaban J connectivity index is 2.64. The summed E-state index contributed by atoms with van der Waals surface area (Å²) >= 11 is 0. The first-order valence-electron chi connectivity index (χ1n) is 2.60. The minimum absolute atomic E-state index is 0.502. The molecule has 0 radical (unpaired) electrons. The second-order valence-electron chi connectivity index (χ2n) is 1.60. The molecule has 0 aliphatic carbocycles. The average molecular weight is 139 g/mol. The summed E-state index contributed by atoms with van der Waals surface area (Å²) in [5.74, 6) is -0.997. The Morgan fingerprint density at radius 1 is 1.80 bits per heavy atom. The molecule has 0 bridgehead atoms. The van der Waals surface area contributed by atoms with Crippen LogP contribution in [0.25, 0.3) is 6.08 Å². The van der Waals surface area contributed by atoms with Crippen molar-refractivity contribution in [3.63, 3.8) is 0 Å². The standard InChI is InChI=1S/C6H5NO3/c8-6(9)2-1-5-3-4-10-7-5/h1-4H,(H,8,9)/b2-1+. The van der Waals surface area contributed by atoms with Crippen LogP contribution >= 0.6 is 0 Å². The Hall–Kier alpha value is -1.58. The molecule has 0 unspecified atom stereocenters. The van der Waals surface area contributed by atoms with Crippen LogP contribution in [-0.4, -0.2) is 16.2 Å². The van der Waals surface area contributed by atoms with Crippen LogP contribution in [0.5, 0.6) is 0 Å². The van der Waals surface area contributed by atoms with E-state index in [1.807, 2.05) is 0 Å². The van der Waals surface area contributed by atoms with Crippen molar-refractivity contribution in [3.05, 3.63) is 24.1 Å². The van der Waals surface area contributed by atoms with Gasteiger partial charge in [-0.1, -0.05) is 5.16 Å². The topological polar surface area (TPSA) is 63.3 Å². The fourth-order valence-electron chi connectivity index (χ4n) is 0.465. The molecule has 1 aromatic rings. The number of carboxylic acid groups (broad SMARTS) is 1. The average Bonchev–Trinajstić information content (AvgIpc) is 2.34. The molecule has 0 saturated carbocycles. The van der Waals surface area contributed by atoms with E-state index in [1.165, 1.54) is 12.3 Å². The zero-order valence-corrected chi connectivity index (χ0v) is 5.02. The summed E-state index contributed by atoms with van der Waals surface area (Å²) in [4.78, 5) is 9.95. The van der Waals surface area contributed by atoms with E-state index in [1.54, 1.807) is 6.07 Å². The first-order chi connectivity index (χ1) is 4.79. The maximum atomic E-state index is 9.95. The molecule has 10 heavy (non-hydrogen) atoms. The number of aromatic nitrogens is 1. The molecule has 4 heteroatoms. The minimum atomic E-state index is -0.997. The van der Waals surface area contributed by atoms with Gasteiger partial charge < -0.3 is 9.63 Å². The molecule has 0 spiro atoms. The number of aliphatic carboxylic acids is 1. The van der Waals surface area contributed by atoms with Crippen molar-refractivity contribution in [2.45, 2.75) is 0 Å². The molecule has 0 aliphatic rings. The van der Waals surface area contributed by atoms with Gasteiger partial charge in [0.2, 0.25) is 0 Å². The van der Waals surface area contributed by atoms with Gasteiger partial charge in [0.1, 0.15) is 12.0 Å². The van der Waals surface area contributed by atoms with Gasteiger partial charge in [0.15, 0.2) is 0 Å². The Morgan fingerprint density at radius 2 is 2.60 bits per heavy atom. The number of rotatable bonds is 2. The van der Waals surface area contributed by atoms with Crippen LogP contribution in [0.2, 0.25) is 0 Å². The molecule has 4 nitrogen and oxygen atoms in total. The van der Waals surface area contributed by atoms with E-state index in [0.717, 1.165) is 6.08 Å². The van der Waals surface area contributed by atoms with Gasteiger partial charge in [0, 0.05) is 12.1 Å². The molecule has 0 aromatic carbocycles. The highest BCUT2D eigenvalue weighted by Gasteiger charge is 1.89. The van der Waals surface area contributed by atoms with E-state index in [4.69, 9.17) is 5.11 Å². The quantitative estimate of drug-likeness (QED) is 0.614. The van der Waals surface area contributed by atoms with E-state index in [2.05, 4.69) is 9.68 Å². The molecule has 0 saturated heterocycles.